The van der Waals surface area contributed by atoms with Gasteiger partial charge in [-0.2, -0.15) is 0 Å². The maximum absolute atomic E-state index is 14.2. The number of nitrogens with zero attached hydrogens (tertiary/aromatic N) is 2. The van der Waals surface area contributed by atoms with Crippen LogP contribution >= 0.6 is 22.9 Å². The molecule has 1 aromatic heterocycles. The maximum atomic E-state index is 14.2. The Morgan fingerprint density at radius 3 is 2.47 bits per heavy atom. The van der Waals surface area contributed by atoms with E-state index in [1.165, 1.54) is 15.9 Å². The largest absolute Gasteiger partial charge is 0.493 e. The second kappa shape index (κ2) is 14.9. The first kappa shape index (κ1) is 33.8. The minimum Gasteiger partial charge on any atom is -0.493 e. The molecule has 0 saturated heterocycles. The lowest BCUT2D eigenvalue weighted by atomic mass is 9.95. The molecule has 4 aromatic rings. The third kappa shape index (κ3) is 7.39. The van der Waals surface area contributed by atoms with Gasteiger partial charge >= 0.3 is 5.97 Å². The van der Waals surface area contributed by atoms with Crippen LogP contribution in [0.4, 0.5) is 0 Å². The van der Waals surface area contributed by atoms with Gasteiger partial charge in [0.15, 0.2) is 27.8 Å². The Morgan fingerprint density at radius 2 is 1.77 bits per heavy atom. The van der Waals surface area contributed by atoms with E-state index in [1.54, 1.807) is 39.2 Å². The van der Waals surface area contributed by atoms with Crippen molar-refractivity contribution in [1.82, 2.24) is 4.57 Å². The lowest BCUT2D eigenvalue weighted by Gasteiger charge is -2.25. The Balaban J connectivity index is 1.58. The molecule has 2 heterocycles. The maximum Gasteiger partial charge on any atom is 0.338 e. The summed E-state index contributed by atoms with van der Waals surface area (Å²) >= 11 is 7.55. The summed E-state index contributed by atoms with van der Waals surface area (Å²) < 4.78 is 30.9. The highest BCUT2D eigenvalue weighted by molar-refractivity contribution is 7.07. The van der Waals surface area contributed by atoms with Gasteiger partial charge in [0.25, 0.3) is 5.56 Å². The number of methoxy groups -OCH3 is 1. The van der Waals surface area contributed by atoms with Gasteiger partial charge in [0.05, 0.1) is 48.3 Å². The van der Waals surface area contributed by atoms with Gasteiger partial charge in [-0.1, -0.05) is 53.3 Å². The van der Waals surface area contributed by atoms with Gasteiger partial charge in [-0.25, -0.2) is 9.79 Å². The highest BCUT2D eigenvalue weighted by Crippen LogP contribution is 2.37. The number of esters is 1. The Morgan fingerprint density at radius 1 is 1.00 bits per heavy atom. The fourth-order valence-corrected chi connectivity index (χ4v) is 6.47. The van der Waals surface area contributed by atoms with E-state index in [9.17, 15) is 9.59 Å². The number of benzene rings is 3. The summed E-state index contributed by atoms with van der Waals surface area (Å²) in [4.78, 5) is 32.6. The summed E-state index contributed by atoms with van der Waals surface area (Å²) in [7, 11) is 1.55. The highest BCUT2D eigenvalue weighted by Gasteiger charge is 2.34. The molecule has 0 aliphatic carbocycles. The molecule has 0 saturated carbocycles. The van der Waals surface area contributed by atoms with Crippen molar-refractivity contribution in [1.29, 1.82) is 0 Å². The molecule has 0 unspecified atom stereocenters. The van der Waals surface area contributed by atoms with Crippen molar-refractivity contribution in [2.45, 2.75) is 53.4 Å². The van der Waals surface area contributed by atoms with Crippen LogP contribution in [0.25, 0.3) is 6.08 Å². The van der Waals surface area contributed by atoms with Gasteiger partial charge in [0, 0.05) is 10.6 Å². The molecule has 1 atom stereocenters. The number of fused-ring (bicyclic) bond motifs is 1. The van der Waals surface area contributed by atoms with Crippen molar-refractivity contribution in [3.8, 4) is 23.0 Å². The zero-order chi connectivity index (χ0) is 33.7. The topological polar surface area (TPSA) is 97.6 Å². The molecule has 0 radical (unpaired) electrons. The van der Waals surface area contributed by atoms with Crippen molar-refractivity contribution in [3.63, 3.8) is 0 Å². The van der Waals surface area contributed by atoms with Gasteiger partial charge in [-0.05, 0) is 82.2 Å². The lowest BCUT2D eigenvalue weighted by Crippen LogP contribution is -2.40. The molecular weight excluding hydrogens is 640 g/mol. The fourth-order valence-electron chi connectivity index (χ4n) is 5.24. The molecule has 0 fully saturated rings. The number of rotatable bonds is 12. The van der Waals surface area contributed by atoms with Crippen LogP contribution in [0.5, 0.6) is 23.0 Å². The second-order valence-electron chi connectivity index (χ2n) is 10.9. The molecule has 9 nitrogen and oxygen atoms in total. The van der Waals surface area contributed by atoms with E-state index in [0.717, 1.165) is 11.1 Å². The van der Waals surface area contributed by atoms with Crippen molar-refractivity contribution in [2.24, 2.45) is 4.99 Å². The molecule has 0 bridgehead atoms. The minimum atomic E-state index is -0.797. The smallest absolute Gasteiger partial charge is 0.338 e. The molecule has 1 aliphatic heterocycles. The van der Waals surface area contributed by atoms with E-state index in [1.807, 2.05) is 69.3 Å². The molecule has 5 rings (SSSR count). The minimum absolute atomic E-state index is 0.0733. The third-order valence-corrected chi connectivity index (χ3v) is 8.64. The van der Waals surface area contributed by atoms with Crippen LogP contribution in [0, 0.1) is 0 Å². The highest BCUT2D eigenvalue weighted by atomic mass is 35.5. The standard InChI is InChI=1S/C36H37ClN2O7S/c1-7-43-30-17-23(13-15-27(30)45-20-25-11-9-10-12-26(25)37)18-31-34(40)39-33(24-14-16-28(46-21(3)4)29(19-24)42-6)32(35(41)44-8-2)22(5)38-36(39)47-31/h9-19,21,33H,7-8,20H2,1-6H3/b31-18-/t33-/m1/s1. The van der Waals surface area contributed by atoms with Crippen LogP contribution in [0.15, 0.2) is 81.7 Å². The zero-order valence-electron chi connectivity index (χ0n) is 27.2. The fraction of sp³-hybridized carbons (Fsp3) is 0.306. The summed E-state index contributed by atoms with van der Waals surface area (Å²) in [5, 5.41) is 0.621. The normalized spacial score (nSPS) is 14.5. The lowest BCUT2D eigenvalue weighted by molar-refractivity contribution is -0.139. The summed E-state index contributed by atoms with van der Waals surface area (Å²) in [5.74, 6) is 1.59. The summed E-state index contributed by atoms with van der Waals surface area (Å²) in [6.07, 6.45) is 1.71. The summed E-state index contributed by atoms with van der Waals surface area (Å²) in [5.41, 5.74) is 2.70. The predicted octanol–water partition coefficient (Wildman–Crippen LogP) is 6.23. The molecule has 246 valence electrons. The number of hydrogen-bond donors (Lipinski definition) is 0. The third-order valence-electron chi connectivity index (χ3n) is 7.29. The average Bonchev–Trinajstić information content (AvgIpc) is 3.34. The molecule has 11 heteroatoms. The Bertz CT molecular complexity index is 2000. The van der Waals surface area contributed by atoms with Crippen LogP contribution in [0.2, 0.25) is 5.02 Å². The first-order valence-corrected chi connectivity index (χ1v) is 16.5. The van der Waals surface area contributed by atoms with Gasteiger partial charge in [-0.15, -0.1) is 0 Å². The number of carbonyl (C=O) groups is 1. The summed E-state index contributed by atoms with van der Waals surface area (Å²) in [6.45, 7) is 10.1. The van der Waals surface area contributed by atoms with Gasteiger partial charge in [-0.3, -0.25) is 9.36 Å². The van der Waals surface area contributed by atoms with Gasteiger partial charge < -0.3 is 23.7 Å². The first-order chi connectivity index (χ1) is 22.6. The number of aromatic nitrogens is 1. The number of thiazole rings is 1. The van der Waals surface area contributed by atoms with Crippen molar-refractivity contribution >= 4 is 35.0 Å². The number of halogens is 1. The quantitative estimate of drug-likeness (QED) is 0.164. The molecule has 0 amide bonds. The van der Waals surface area contributed by atoms with E-state index >= 15 is 0 Å². The number of hydrogen-bond acceptors (Lipinski definition) is 9. The molecule has 3 aromatic carbocycles. The van der Waals surface area contributed by atoms with Crippen molar-refractivity contribution in [3.05, 3.63) is 113 Å². The Labute approximate surface area is 282 Å². The number of ether oxygens (including phenoxy) is 5. The van der Waals surface area contributed by atoms with E-state index in [0.29, 0.717) is 55.2 Å². The van der Waals surface area contributed by atoms with Crippen LogP contribution in [-0.4, -0.2) is 37.0 Å². The SMILES string of the molecule is CCOC(=O)C1=C(C)N=c2s/c(=C\c3ccc(OCc4ccccc4Cl)c(OCC)c3)c(=O)n2[C@@H]1c1ccc(OC(C)C)c(OC)c1. The van der Waals surface area contributed by atoms with Crippen LogP contribution in [0.3, 0.4) is 0 Å². The number of allylic oxidation sites excluding steroid dienone is 1. The molecule has 47 heavy (non-hydrogen) atoms. The van der Waals surface area contributed by atoms with Crippen LogP contribution in [-0.2, 0) is 16.1 Å². The monoisotopic (exact) mass is 676 g/mol. The summed E-state index contributed by atoms with van der Waals surface area (Å²) in [6, 6.07) is 17.6. The van der Waals surface area contributed by atoms with Gasteiger partial charge in [0.2, 0.25) is 0 Å². The van der Waals surface area contributed by atoms with E-state index in [4.69, 9.17) is 35.3 Å². The molecule has 0 N–H and O–H groups in total. The first-order valence-electron chi connectivity index (χ1n) is 15.3. The Kier molecular flexibility index (Phi) is 10.7. The van der Waals surface area contributed by atoms with Crippen LogP contribution < -0.4 is 33.8 Å². The predicted molar refractivity (Wildman–Crippen MR) is 183 cm³/mol. The van der Waals surface area contributed by atoms with Crippen LogP contribution in [0.1, 0.15) is 57.4 Å². The second-order valence-corrected chi connectivity index (χ2v) is 12.3. The van der Waals surface area contributed by atoms with Crippen molar-refractivity contribution in [2.75, 3.05) is 20.3 Å². The van der Waals surface area contributed by atoms with E-state index in [2.05, 4.69) is 4.99 Å². The Hall–Kier alpha value is -4.54. The average molecular weight is 677 g/mol. The van der Waals surface area contributed by atoms with Gasteiger partial charge in [0.1, 0.15) is 6.61 Å². The molecule has 0 spiro atoms. The molecular formula is C36H37ClN2O7S. The zero-order valence-corrected chi connectivity index (χ0v) is 28.7. The van der Waals surface area contributed by atoms with Crippen molar-refractivity contribution < 1.29 is 28.5 Å². The van der Waals surface area contributed by atoms with E-state index in [-0.39, 0.29) is 30.5 Å². The van der Waals surface area contributed by atoms with E-state index < -0.39 is 12.0 Å². The number of carbonyl (C=O) groups excluding carboxylic acids is 1. The molecule has 1 aliphatic rings.